The summed E-state index contributed by atoms with van der Waals surface area (Å²) >= 11 is 0. The summed E-state index contributed by atoms with van der Waals surface area (Å²) in [6, 6.07) is 0. The van der Waals surface area contributed by atoms with E-state index in [2.05, 4.69) is 27.6 Å². The molecule has 0 unspecified atom stereocenters. The lowest BCUT2D eigenvalue weighted by atomic mass is 10.2. The van der Waals surface area contributed by atoms with Gasteiger partial charge in [0.2, 0.25) is 0 Å². The highest BCUT2D eigenvalue weighted by Gasteiger charge is 2.09. The molecule has 1 rings (SSSR count). The zero-order valence-corrected chi connectivity index (χ0v) is 10.5. The van der Waals surface area contributed by atoms with Crippen LogP contribution in [0.2, 0.25) is 0 Å². The van der Waals surface area contributed by atoms with Crippen LogP contribution in [0.15, 0.2) is 0 Å². The van der Waals surface area contributed by atoms with Crippen molar-refractivity contribution in [3.8, 4) is 0 Å². The summed E-state index contributed by atoms with van der Waals surface area (Å²) in [7, 11) is 0. The number of rotatable bonds is 7. The largest absolute Gasteiger partial charge is 0.396 e. The fourth-order valence-corrected chi connectivity index (χ4v) is 1.50. The van der Waals surface area contributed by atoms with E-state index in [4.69, 9.17) is 10.9 Å². The highest BCUT2D eigenvalue weighted by atomic mass is 16.3. The zero-order chi connectivity index (χ0) is 12.7. The molecular formula is C11H21N5O. The second-order valence-electron chi connectivity index (χ2n) is 3.86. The molecule has 1 heterocycles. The number of hydrazine groups is 1. The van der Waals surface area contributed by atoms with E-state index in [9.17, 15) is 0 Å². The fourth-order valence-electron chi connectivity index (χ4n) is 1.50. The van der Waals surface area contributed by atoms with Crippen LogP contribution in [-0.4, -0.2) is 28.2 Å². The Bertz CT molecular complexity index is 356. The molecular weight excluding hydrogens is 218 g/mol. The van der Waals surface area contributed by atoms with Crippen LogP contribution in [0.5, 0.6) is 0 Å². The van der Waals surface area contributed by atoms with Crippen LogP contribution in [0.25, 0.3) is 0 Å². The van der Waals surface area contributed by atoms with Gasteiger partial charge in [-0.2, -0.15) is 0 Å². The number of aliphatic hydroxyl groups excluding tert-OH is 1. The predicted octanol–water partition coefficient (Wildman–Crippen LogP) is 0.817. The van der Waals surface area contributed by atoms with Crippen LogP contribution in [-0.2, 0) is 6.42 Å². The van der Waals surface area contributed by atoms with E-state index >= 15 is 0 Å². The summed E-state index contributed by atoms with van der Waals surface area (Å²) in [5, 5.41) is 11.9. The number of nitrogen functional groups attached to an aromatic ring is 1. The Morgan fingerprint density at radius 3 is 2.59 bits per heavy atom. The van der Waals surface area contributed by atoms with Crippen LogP contribution < -0.4 is 16.6 Å². The molecule has 0 fully saturated rings. The van der Waals surface area contributed by atoms with Gasteiger partial charge in [0, 0.05) is 25.1 Å². The topological polar surface area (TPSA) is 96.1 Å². The van der Waals surface area contributed by atoms with Crippen molar-refractivity contribution >= 4 is 11.6 Å². The summed E-state index contributed by atoms with van der Waals surface area (Å²) < 4.78 is 0. The highest BCUT2D eigenvalue weighted by Crippen LogP contribution is 2.19. The lowest BCUT2D eigenvalue weighted by Gasteiger charge is -2.13. The van der Waals surface area contributed by atoms with Crippen LogP contribution in [0.1, 0.15) is 31.2 Å². The average Bonchev–Trinajstić information content (AvgIpc) is 2.33. The van der Waals surface area contributed by atoms with Gasteiger partial charge >= 0.3 is 0 Å². The predicted molar refractivity (Wildman–Crippen MR) is 68.8 cm³/mol. The third-order valence-electron chi connectivity index (χ3n) is 2.43. The molecule has 0 aliphatic rings. The van der Waals surface area contributed by atoms with Crippen molar-refractivity contribution in [1.82, 2.24) is 9.97 Å². The third kappa shape index (κ3) is 3.83. The Morgan fingerprint density at radius 1 is 1.29 bits per heavy atom. The Labute approximate surface area is 102 Å². The van der Waals surface area contributed by atoms with Crippen LogP contribution in [0, 0.1) is 6.92 Å². The normalized spacial score (nSPS) is 10.4. The Hall–Kier alpha value is -1.40. The second kappa shape index (κ2) is 7.03. The number of aromatic nitrogens is 2. The van der Waals surface area contributed by atoms with Crippen molar-refractivity contribution in [2.75, 3.05) is 23.9 Å². The van der Waals surface area contributed by atoms with Gasteiger partial charge < -0.3 is 15.8 Å². The van der Waals surface area contributed by atoms with E-state index in [0.717, 1.165) is 30.0 Å². The van der Waals surface area contributed by atoms with Gasteiger partial charge in [0.25, 0.3) is 0 Å². The van der Waals surface area contributed by atoms with Crippen molar-refractivity contribution in [1.29, 1.82) is 0 Å². The van der Waals surface area contributed by atoms with Gasteiger partial charge in [0.1, 0.15) is 17.5 Å². The fraction of sp³-hybridized carbons (Fsp3) is 0.636. The van der Waals surface area contributed by atoms with Crippen molar-refractivity contribution in [3.05, 3.63) is 11.4 Å². The molecule has 0 amide bonds. The molecule has 0 aromatic carbocycles. The van der Waals surface area contributed by atoms with Gasteiger partial charge in [-0.15, -0.1) is 0 Å². The molecule has 1 aromatic heterocycles. The molecule has 0 atom stereocenters. The minimum absolute atomic E-state index is 0.168. The standard InChI is InChI=1S/C11H21N5O/c1-3-5-9-14-10(13-6-4-7-17)8(2)11(15-9)16-12/h17H,3-7,12H2,1-2H3,(H2,13,14,15,16). The molecule has 0 saturated heterocycles. The average molecular weight is 239 g/mol. The lowest BCUT2D eigenvalue weighted by Crippen LogP contribution is -2.15. The Kier molecular flexibility index (Phi) is 5.65. The van der Waals surface area contributed by atoms with Crippen LogP contribution in [0.4, 0.5) is 11.6 Å². The summed E-state index contributed by atoms with van der Waals surface area (Å²) in [4.78, 5) is 8.78. The highest BCUT2D eigenvalue weighted by molar-refractivity contribution is 5.56. The number of anilines is 2. The van der Waals surface area contributed by atoms with Crippen LogP contribution in [0.3, 0.4) is 0 Å². The lowest BCUT2D eigenvalue weighted by molar-refractivity contribution is 0.292. The zero-order valence-electron chi connectivity index (χ0n) is 10.5. The first kappa shape index (κ1) is 13.7. The summed E-state index contributed by atoms with van der Waals surface area (Å²) in [5.41, 5.74) is 3.48. The molecule has 0 radical (unpaired) electrons. The number of nitrogens with zero attached hydrogens (tertiary/aromatic N) is 2. The number of hydrogen-bond donors (Lipinski definition) is 4. The monoisotopic (exact) mass is 239 g/mol. The maximum Gasteiger partial charge on any atom is 0.148 e. The van der Waals surface area contributed by atoms with E-state index < -0.39 is 0 Å². The Morgan fingerprint density at radius 2 is 2.00 bits per heavy atom. The van der Waals surface area contributed by atoms with Crippen molar-refractivity contribution in [2.45, 2.75) is 33.1 Å². The first-order chi connectivity index (χ1) is 8.22. The molecule has 1 aromatic rings. The van der Waals surface area contributed by atoms with Gasteiger partial charge in [0.15, 0.2) is 0 Å². The smallest absolute Gasteiger partial charge is 0.148 e. The number of nitrogens with two attached hydrogens (primary N) is 1. The molecule has 0 aliphatic carbocycles. The number of nitrogens with one attached hydrogen (secondary N) is 2. The summed E-state index contributed by atoms with van der Waals surface area (Å²) in [6.07, 6.45) is 2.50. The summed E-state index contributed by atoms with van der Waals surface area (Å²) in [5.74, 6) is 7.64. The Balaban J connectivity index is 2.88. The van der Waals surface area contributed by atoms with Gasteiger partial charge in [0.05, 0.1) is 0 Å². The number of aryl methyl sites for hydroxylation is 1. The first-order valence-corrected chi connectivity index (χ1v) is 5.91. The third-order valence-corrected chi connectivity index (χ3v) is 2.43. The minimum atomic E-state index is 0.168. The van der Waals surface area contributed by atoms with Gasteiger partial charge in [-0.3, -0.25) is 0 Å². The van der Waals surface area contributed by atoms with Crippen molar-refractivity contribution < 1.29 is 5.11 Å². The SMILES string of the molecule is CCCc1nc(NN)c(C)c(NCCCO)n1. The molecule has 0 aliphatic heterocycles. The van der Waals surface area contributed by atoms with Gasteiger partial charge in [-0.1, -0.05) is 6.92 Å². The molecule has 5 N–H and O–H groups in total. The van der Waals surface area contributed by atoms with Crippen molar-refractivity contribution in [2.24, 2.45) is 5.84 Å². The number of aliphatic hydroxyl groups is 1. The van der Waals surface area contributed by atoms with E-state index in [0.29, 0.717) is 18.8 Å². The van der Waals surface area contributed by atoms with E-state index in [-0.39, 0.29) is 6.61 Å². The molecule has 17 heavy (non-hydrogen) atoms. The minimum Gasteiger partial charge on any atom is -0.396 e. The van der Waals surface area contributed by atoms with E-state index in [1.807, 2.05) is 6.92 Å². The molecule has 6 heteroatoms. The van der Waals surface area contributed by atoms with E-state index in [1.54, 1.807) is 0 Å². The maximum absolute atomic E-state index is 8.75. The van der Waals surface area contributed by atoms with Gasteiger partial charge in [-0.05, 0) is 19.8 Å². The van der Waals surface area contributed by atoms with Crippen molar-refractivity contribution in [3.63, 3.8) is 0 Å². The summed E-state index contributed by atoms with van der Waals surface area (Å²) in [6.45, 7) is 4.84. The molecule has 6 nitrogen and oxygen atoms in total. The molecule has 0 saturated carbocycles. The first-order valence-electron chi connectivity index (χ1n) is 5.91. The maximum atomic E-state index is 8.75. The second-order valence-corrected chi connectivity index (χ2v) is 3.86. The van der Waals surface area contributed by atoms with E-state index in [1.165, 1.54) is 0 Å². The molecule has 0 spiro atoms. The molecule has 96 valence electrons. The van der Waals surface area contributed by atoms with Crippen LogP contribution >= 0.6 is 0 Å². The van der Waals surface area contributed by atoms with Gasteiger partial charge in [-0.25, -0.2) is 15.8 Å². The number of hydrogen-bond acceptors (Lipinski definition) is 6. The quantitative estimate of drug-likeness (QED) is 0.319. The molecule has 0 bridgehead atoms.